The van der Waals surface area contributed by atoms with Gasteiger partial charge < -0.3 is 15.2 Å². The molecule has 0 aliphatic rings. The van der Waals surface area contributed by atoms with Crippen LogP contribution < -0.4 is 15.2 Å². The van der Waals surface area contributed by atoms with Gasteiger partial charge >= 0.3 is 0 Å². The summed E-state index contributed by atoms with van der Waals surface area (Å²) in [5.41, 5.74) is 7.42. The van der Waals surface area contributed by atoms with E-state index in [1.54, 1.807) is 12.1 Å². The van der Waals surface area contributed by atoms with Gasteiger partial charge in [-0.15, -0.1) is 0 Å². The molecule has 0 amide bonds. The van der Waals surface area contributed by atoms with E-state index in [4.69, 9.17) is 15.2 Å². The molecule has 0 spiro atoms. The van der Waals surface area contributed by atoms with Crippen molar-refractivity contribution >= 4 is 5.69 Å². The van der Waals surface area contributed by atoms with Crippen LogP contribution in [-0.4, -0.2) is 11.6 Å². The maximum atomic E-state index is 5.79. The highest BCUT2D eigenvalue weighted by Gasteiger charge is 2.05. The predicted octanol–water partition coefficient (Wildman–Crippen LogP) is 3.03. The molecule has 100 valence electrons. The van der Waals surface area contributed by atoms with Gasteiger partial charge in [0.1, 0.15) is 6.61 Å². The lowest BCUT2D eigenvalue weighted by Crippen LogP contribution is -2.03. The maximum absolute atomic E-state index is 5.79. The number of ether oxygens (including phenoxy) is 2. The van der Waals surface area contributed by atoms with Crippen LogP contribution in [0.25, 0.3) is 0 Å². The smallest absolute Gasteiger partial charge is 0.240 e. The Bertz CT molecular complexity index is 515. The molecule has 2 rings (SSSR count). The molecule has 1 aromatic carbocycles. The summed E-state index contributed by atoms with van der Waals surface area (Å²) in [5, 5.41) is 0. The monoisotopic (exact) mass is 258 g/mol. The Morgan fingerprint density at radius 2 is 1.84 bits per heavy atom. The molecule has 4 nitrogen and oxygen atoms in total. The van der Waals surface area contributed by atoms with Gasteiger partial charge in [0, 0.05) is 6.07 Å². The number of pyridine rings is 1. The first kappa shape index (κ1) is 13.2. The van der Waals surface area contributed by atoms with Gasteiger partial charge in [-0.1, -0.05) is 37.3 Å². The van der Waals surface area contributed by atoms with Gasteiger partial charge in [-0.25, -0.2) is 0 Å². The normalized spacial score (nSPS) is 10.2. The van der Waals surface area contributed by atoms with Gasteiger partial charge in [-0.05, 0) is 18.1 Å². The molecule has 0 unspecified atom stereocenters. The summed E-state index contributed by atoms with van der Waals surface area (Å²) in [4.78, 5) is 4.26. The molecular weight excluding hydrogens is 240 g/mol. The lowest BCUT2D eigenvalue weighted by molar-refractivity contribution is 0.274. The van der Waals surface area contributed by atoms with E-state index >= 15 is 0 Å². The van der Waals surface area contributed by atoms with Crippen molar-refractivity contribution in [1.82, 2.24) is 4.98 Å². The molecule has 0 saturated carbocycles. The zero-order valence-electron chi connectivity index (χ0n) is 11.0. The van der Waals surface area contributed by atoms with Crippen molar-refractivity contribution in [1.29, 1.82) is 0 Å². The molecule has 2 aromatic rings. The van der Waals surface area contributed by atoms with E-state index in [1.165, 1.54) is 0 Å². The fraction of sp³-hybridized carbons (Fsp3) is 0.267. The molecule has 0 radical (unpaired) electrons. The molecule has 1 heterocycles. The Hall–Kier alpha value is -2.23. The minimum atomic E-state index is 0.437. The third kappa shape index (κ3) is 3.88. The zero-order chi connectivity index (χ0) is 13.5. The molecule has 1 aromatic heterocycles. The Kier molecular flexibility index (Phi) is 4.61. The van der Waals surface area contributed by atoms with Crippen molar-refractivity contribution < 1.29 is 9.47 Å². The van der Waals surface area contributed by atoms with Crippen molar-refractivity contribution in [2.45, 2.75) is 20.0 Å². The Morgan fingerprint density at radius 1 is 1.05 bits per heavy atom. The number of rotatable bonds is 6. The number of aromatic nitrogens is 1. The summed E-state index contributed by atoms with van der Waals surface area (Å²) in [5.74, 6) is 0.955. The van der Waals surface area contributed by atoms with E-state index in [1.807, 2.05) is 37.3 Å². The molecule has 0 aliphatic heterocycles. The number of nitrogens with zero attached hydrogens (tertiary/aromatic N) is 1. The molecule has 19 heavy (non-hydrogen) atoms. The largest absolute Gasteiger partial charge is 0.476 e. The average molecular weight is 258 g/mol. The Morgan fingerprint density at radius 3 is 2.58 bits per heavy atom. The highest BCUT2D eigenvalue weighted by Crippen LogP contribution is 2.22. The highest BCUT2D eigenvalue weighted by molar-refractivity contribution is 5.49. The van der Waals surface area contributed by atoms with E-state index in [0.29, 0.717) is 30.7 Å². The lowest BCUT2D eigenvalue weighted by Gasteiger charge is -2.10. The fourth-order valence-corrected chi connectivity index (χ4v) is 1.56. The van der Waals surface area contributed by atoms with Crippen LogP contribution in [0.2, 0.25) is 0 Å². The van der Waals surface area contributed by atoms with Gasteiger partial charge in [-0.2, -0.15) is 4.98 Å². The predicted molar refractivity (Wildman–Crippen MR) is 75.2 cm³/mol. The molecule has 2 N–H and O–H groups in total. The molecule has 0 bridgehead atoms. The fourth-order valence-electron chi connectivity index (χ4n) is 1.56. The van der Waals surface area contributed by atoms with Crippen LogP contribution in [0, 0.1) is 0 Å². The summed E-state index contributed by atoms with van der Waals surface area (Å²) < 4.78 is 11.1. The highest BCUT2D eigenvalue weighted by atomic mass is 16.5. The van der Waals surface area contributed by atoms with Crippen LogP contribution in [0.5, 0.6) is 11.8 Å². The van der Waals surface area contributed by atoms with E-state index in [0.717, 1.165) is 12.0 Å². The molecule has 0 saturated heterocycles. The van der Waals surface area contributed by atoms with Crippen molar-refractivity contribution in [3.05, 3.63) is 48.0 Å². The molecule has 0 fully saturated rings. The minimum absolute atomic E-state index is 0.437. The molecule has 0 aliphatic carbocycles. The number of nitrogen functional groups attached to an aromatic ring is 1. The van der Waals surface area contributed by atoms with Gasteiger partial charge in [-0.3, -0.25) is 0 Å². The van der Waals surface area contributed by atoms with Crippen molar-refractivity contribution in [2.24, 2.45) is 0 Å². The first-order chi connectivity index (χ1) is 9.29. The Balaban J connectivity index is 2.00. The second-order valence-corrected chi connectivity index (χ2v) is 4.17. The van der Waals surface area contributed by atoms with E-state index in [-0.39, 0.29) is 0 Å². The van der Waals surface area contributed by atoms with Crippen molar-refractivity contribution in [3.63, 3.8) is 0 Å². The second-order valence-electron chi connectivity index (χ2n) is 4.17. The quantitative estimate of drug-likeness (QED) is 0.865. The van der Waals surface area contributed by atoms with Crippen LogP contribution in [0.15, 0.2) is 42.5 Å². The second kappa shape index (κ2) is 6.64. The third-order valence-electron chi connectivity index (χ3n) is 2.54. The summed E-state index contributed by atoms with van der Waals surface area (Å²) in [6.45, 7) is 3.11. The maximum Gasteiger partial charge on any atom is 0.240 e. The topological polar surface area (TPSA) is 57.4 Å². The van der Waals surface area contributed by atoms with Crippen LogP contribution in [0.1, 0.15) is 18.9 Å². The van der Waals surface area contributed by atoms with Gasteiger partial charge in [0.25, 0.3) is 0 Å². The third-order valence-corrected chi connectivity index (χ3v) is 2.54. The SMILES string of the molecule is CCCOc1nc(OCc2ccccc2)ccc1N. The van der Waals surface area contributed by atoms with E-state index in [9.17, 15) is 0 Å². The summed E-state index contributed by atoms with van der Waals surface area (Å²) in [6.07, 6.45) is 0.913. The minimum Gasteiger partial charge on any atom is -0.476 e. The average Bonchev–Trinajstić information content (AvgIpc) is 2.46. The number of anilines is 1. The summed E-state index contributed by atoms with van der Waals surface area (Å²) in [7, 11) is 0. The first-order valence-electron chi connectivity index (χ1n) is 6.35. The van der Waals surface area contributed by atoms with E-state index < -0.39 is 0 Å². The summed E-state index contributed by atoms with van der Waals surface area (Å²) >= 11 is 0. The van der Waals surface area contributed by atoms with Crippen LogP contribution in [0.3, 0.4) is 0 Å². The number of hydrogen-bond donors (Lipinski definition) is 1. The standard InChI is InChI=1S/C15H18N2O2/c1-2-10-18-15-13(16)8-9-14(17-15)19-11-12-6-4-3-5-7-12/h3-9H,2,10-11,16H2,1H3. The van der Waals surface area contributed by atoms with Crippen LogP contribution >= 0.6 is 0 Å². The van der Waals surface area contributed by atoms with Gasteiger partial charge in [0.05, 0.1) is 12.3 Å². The van der Waals surface area contributed by atoms with Crippen LogP contribution in [0.4, 0.5) is 5.69 Å². The van der Waals surface area contributed by atoms with Crippen molar-refractivity contribution in [3.8, 4) is 11.8 Å². The number of nitrogens with two attached hydrogens (primary N) is 1. The molecule has 4 heteroatoms. The number of benzene rings is 1. The van der Waals surface area contributed by atoms with Crippen LogP contribution in [-0.2, 0) is 6.61 Å². The molecule has 0 atom stereocenters. The van der Waals surface area contributed by atoms with Crippen molar-refractivity contribution in [2.75, 3.05) is 12.3 Å². The zero-order valence-corrected chi connectivity index (χ0v) is 11.0. The lowest BCUT2D eigenvalue weighted by atomic mass is 10.2. The van der Waals surface area contributed by atoms with Gasteiger partial charge in [0.15, 0.2) is 0 Å². The number of hydrogen-bond acceptors (Lipinski definition) is 4. The molecular formula is C15H18N2O2. The first-order valence-corrected chi connectivity index (χ1v) is 6.35. The summed E-state index contributed by atoms with van der Waals surface area (Å²) in [6, 6.07) is 13.4. The van der Waals surface area contributed by atoms with E-state index in [2.05, 4.69) is 4.98 Å². The Labute approximate surface area is 113 Å². The van der Waals surface area contributed by atoms with Gasteiger partial charge in [0.2, 0.25) is 11.8 Å².